The lowest BCUT2D eigenvalue weighted by atomic mass is 10.0. The van der Waals surface area contributed by atoms with E-state index in [4.69, 9.17) is 4.74 Å². The summed E-state index contributed by atoms with van der Waals surface area (Å²) in [7, 11) is 8.20. The van der Waals surface area contributed by atoms with Crippen LogP contribution in [0.3, 0.4) is 0 Å². The molecule has 2 atom stereocenters. The van der Waals surface area contributed by atoms with Gasteiger partial charge in [0.15, 0.2) is 0 Å². The van der Waals surface area contributed by atoms with Gasteiger partial charge >= 0.3 is 0 Å². The summed E-state index contributed by atoms with van der Waals surface area (Å²) < 4.78 is 6.26. The van der Waals surface area contributed by atoms with Crippen LogP contribution >= 0.6 is 0 Å². The minimum Gasteiger partial charge on any atom is -0.376 e. The molecular formula is C13H24NO+. The predicted octanol–water partition coefficient (Wildman–Crippen LogP) is 1.92. The first-order valence-electron chi connectivity index (χ1n) is 5.38. The summed E-state index contributed by atoms with van der Waals surface area (Å²) in [6.07, 6.45) is 2.76. The number of quaternary nitrogens is 1. The molecule has 0 heterocycles. The zero-order valence-corrected chi connectivity index (χ0v) is 10.7. The van der Waals surface area contributed by atoms with E-state index in [1.54, 1.807) is 7.11 Å². The van der Waals surface area contributed by atoms with Gasteiger partial charge in [-0.25, -0.2) is 0 Å². The van der Waals surface area contributed by atoms with Crippen molar-refractivity contribution in [1.29, 1.82) is 0 Å². The highest BCUT2D eigenvalue weighted by molar-refractivity contribution is 5.08. The number of hydrogen-bond donors (Lipinski definition) is 0. The quantitative estimate of drug-likeness (QED) is 0.383. The maximum absolute atomic E-state index is 5.37. The molecule has 0 radical (unpaired) electrons. The van der Waals surface area contributed by atoms with Crippen LogP contribution in [0.25, 0.3) is 0 Å². The predicted molar refractivity (Wildman–Crippen MR) is 65.5 cm³/mol. The number of methoxy groups -OCH3 is 1. The largest absolute Gasteiger partial charge is 0.376 e. The van der Waals surface area contributed by atoms with Gasteiger partial charge in [0.2, 0.25) is 0 Å². The van der Waals surface area contributed by atoms with Crippen molar-refractivity contribution in [3.05, 3.63) is 12.7 Å². The van der Waals surface area contributed by atoms with E-state index in [9.17, 15) is 0 Å². The monoisotopic (exact) mass is 210 g/mol. The maximum atomic E-state index is 5.37. The molecule has 0 saturated carbocycles. The first kappa shape index (κ1) is 14.2. The third-order valence-electron chi connectivity index (χ3n) is 2.11. The van der Waals surface area contributed by atoms with E-state index < -0.39 is 0 Å². The highest BCUT2D eigenvalue weighted by Gasteiger charge is 2.23. The average Bonchev–Trinajstić information content (AvgIpc) is 2.13. The summed E-state index contributed by atoms with van der Waals surface area (Å²) in [5, 5.41) is 0. The summed E-state index contributed by atoms with van der Waals surface area (Å²) in [5.41, 5.74) is 0. The van der Waals surface area contributed by atoms with Crippen LogP contribution < -0.4 is 0 Å². The molecule has 0 aromatic heterocycles. The standard InChI is InChI=1S/C13H24NO/c1-7-9-10-12(11-14(3,4)5)13(8-2)15-6/h8,12-13H,2,7,11H2,1,3-6H3/q+1. The fraction of sp³-hybridized carbons (Fsp3) is 0.692. The second-order valence-electron chi connectivity index (χ2n) is 4.69. The third-order valence-corrected chi connectivity index (χ3v) is 2.11. The minimum absolute atomic E-state index is 0.0291. The highest BCUT2D eigenvalue weighted by atomic mass is 16.5. The second kappa shape index (κ2) is 6.66. The van der Waals surface area contributed by atoms with Crippen LogP contribution in [0.5, 0.6) is 0 Å². The zero-order chi connectivity index (χ0) is 11.9. The molecule has 0 aliphatic carbocycles. The molecule has 0 aromatic rings. The molecule has 15 heavy (non-hydrogen) atoms. The Bertz CT molecular complexity index is 241. The third kappa shape index (κ3) is 6.33. The van der Waals surface area contributed by atoms with Gasteiger partial charge in [-0.3, -0.25) is 0 Å². The van der Waals surface area contributed by atoms with Gasteiger partial charge in [-0.05, 0) is 0 Å². The van der Waals surface area contributed by atoms with Gasteiger partial charge in [-0.1, -0.05) is 18.9 Å². The number of nitrogens with zero attached hydrogens (tertiary/aromatic N) is 1. The Morgan fingerprint density at radius 3 is 2.33 bits per heavy atom. The summed E-state index contributed by atoms with van der Waals surface area (Å²) in [4.78, 5) is 0. The molecule has 2 heteroatoms. The number of hydrogen-bond acceptors (Lipinski definition) is 1. The average molecular weight is 210 g/mol. The van der Waals surface area contributed by atoms with Gasteiger partial charge in [0.05, 0.1) is 39.7 Å². The van der Waals surface area contributed by atoms with Crippen molar-refractivity contribution in [2.75, 3.05) is 34.8 Å². The van der Waals surface area contributed by atoms with Crippen LogP contribution in [0.15, 0.2) is 12.7 Å². The Hall–Kier alpha value is -0.780. The van der Waals surface area contributed by atoms with Crippen LogP contribution in [0.2, 0.25) is 0 Å². The molecule has 2 unspecified atom stereocenters. The Morgan fingerprint density at radius 2 is 2.00 bits per heavy atom. The lowest BCUT2D eigenvalue weighted by molar-refractivity contribution is -0.873. The van der Waals surface area contributed by atoms with Crippen molar-refractivity contribution in [3.63, 3.8) is 0 Å². The van der Waals surface area contributed by atoms with E-state index in [-0.39, 0.29) is 12.0 Å². The molecule has 0 bridgehead atoms. The van der Waals surface area contributed by atoms with Crippen LogP contribution in [0, 0.1) is 17.8 Å². The van der Waals surface area contributed by atoms with Crippen LogP contribution in [0.4, 0.5) is 0 Å². The van der Waals surface area contributed by atoms with Gasteiger partial charge in [-0.15, -0.1) is 12.5 Å². The van der Waals surface area contributed by atoms with Crippen molar-refractivity contribution >= 4 is 0 Å². The van der Waals surface area contributed by atoms with E-state index >= 15 is 0 Å². The van der Waals surface area contributed by atoms with Gasteiger partial charge in [0.1, 0.15) is 0 Å². The van der Waals surface area contributed by atoms with Gasteiger partial charge in [-0.2, -0.15) is 0 Å². The number of rotatable bonds is 5. The van der Waals surface area contributed by atoms with Crippen molar-refractivity contribution in [2.24, 2.45) is 5.92 Å². The maximum Gasteiger partial charge on any atom is 0.0990 e. The van der Waals surface area contributed by atoms with Gasteiger partial charge < -0.3 is 9.22 Å². The van der Waals surface area contributed by atoms with Crippen molar-refractivity contribution in [2.45, 2.75) is 19.4 Å². The lowest BCUT2D eigenvalue weighted by Crippen LogP contribution is -2.42. The van der Waals surface area contributed by atoms with Crippen LogP contribution in [-0.2, 0) is 4.74 Å². The lowest BCUT2D eigenvalue weighted by Gasteiger charge is -2.29. The molecule has 0 aromatic carbocycles. The topological polar surface area (TPSA) is 9.23 Å². The smallest absolute Gasteiger partial charge is 0.0990 e. The van der Waals surface area contributed by atoms with E-state index in [1.165, 1.54) is 0 Å². The normalized spacial score (nSPS) is 15.0. The Morgan fingerprint density at radius 1 is 1.40 bits per heavy atom. The molecule has 0 spiro atoms. The Labute approximate surface area is 94.5 Å². The molecule has 2 nitrogen and oxygen atoms in total. The first-order chi connectivity index (χ1) is 6.94. The molecule has 0 rings (SSSR count). The Balaban J connectivity index is 4.64. The molecule has 0 fully saturated rings. The molecule has 0 N–H and O–H groups in total. The summed E-state index contributed by atoms with van der Waals surface area (Å²) in [6.45, 7) is 6.82. The van der Waals surface area contributed by atoms with Crippen molar-refractivity contribution < 1.29 is 9.22 Å². The molecule has 0 aliphatic heterocycles. The fourth-order valence-corrected chi connectivity index (χ4v) is 1.48. The molecule has 0 saturated heterocycles. The molecule has 0 aliphatic rings. The molecule has 0 amide bonds. The molecular weight excluding hydrogens is 186 g/mol. The van der Waals surface area contributed by atoms with Gasteiger partial charge in [0, 0.05) is 13.5 Å². The van der Waals surface area contributed by atoms with Crippen molar-refractivity contribution in [3.8, 4) is 11.8 Å². The van der Waals surface area contributed by atoms with Crippen LogP contribution in [-0.4, -0.2) is 45.4 Å². The Kier molecular flexibility index (Phi) is 6.31. The van der Waals surface area contributed by atoms with E-state index in [2.05, 4.69) is 46.5 Å². The van der Waals surface area contributed by atoms with Crippen molar-refractivity contribution in [1.82, 2.24) is 0 Å². The first-order valence-corrected chi connectivity index (χ1v) is 5.38. The summed E-state index contributed by atoms with van der Waals surface area (Å²) >= 11 is 0. The van der Waals surface area contributed by atoms with Gasteiger partial charge in [0.25, 0.3) is 0 Å². The van der Waals surface area contributed by atoms with E-state index in [0.717, 1.165) is 17.4 Å². The van der Waals surface area contributed by atoms with E-state index in [0.29, 0.717) is 0 Å². The summed E-state index contributed by atoms with van der Waals surface area (Å²) in [5.74, 6) is 6.63. The van der Waals surface area contributed by atoms with Crippen LogP contribution in [0.1, 0.15) is 13.3 Å². The zero-order valence-electron chi connectivity index (χ0n) is 10.7. The SMILES string of the molecule is C=CC(OC)C(C#CCC)C[N+](C)(C)C. The second-order valence-corrected chi connectivity index (χ2v) is 4.69. The summed E-state index contributed by atoms with van der Waals surface area (Å²) in [6, 6.07) is 0. The highest BCUT2D eigenvalue weighted by Crippen LogP contribution is 2.11. The number of ether oxygens (including phenoxy) is 1. The molecule has 86 valence electrons. The van der Waals surface area contributed by atoms with E-state index in [1.807, 2.05) is 6.08 Å². The minimum atomic E-state index is 0.0291. The fourth-order valence-electron chi connectivity index (χ4n) is 1.48.